The molecule has 1 saturated heterocycles. The molecule has 1 aromatic rings. The number of carbonyl (C=O) groups excluding carboxylic acids is 2. The summed E-state index contributed by atoms with van der Waals surface area (Å²) in [7, 11) is 0. The van der Waals surface area contributed by atoms with Crippen LogP contribution < -0.4 is 14.8 Å². The van der Waals surface area contributed by atoms with Crippen LogP contribution in [0, 0.1) is 5.92 Å². The predicted molar refractivity (Wildman–Crippen MR) is 98.8 cm³/mol. The minimum Gasteiger partial charge on any atom is -0.490 e. The Hall–Kier alpha value is -2.76. The Bertz CT molecular complexity index is 723. The number of hydrogen-bond acceptors (Lipinski definition) is 5. The topological polar surface area (TPSA) is 73.9 Å². The molecule has 140 valence electrons. The molecule has 0 bridgehead atoms. The van der Waals surface area contributed by atoms with E-state index in [0.717, 1.165) is 12.0 Å². The monoisotopic (exact) mass is 359 g/mol. The third kappa shape index (κ3) is 4.45. The maximum absolute atomic E-state index is 12.2. The van der Waals surface area contributed by atoms with E-state index in [1.165, 1.54) is 0 Å². The van der Waals surface area contributed by atoms with E-state index in [9.17, 15) is 9.59 Å². The van der Waals surface area contributed by atoms with E-state index in [1.807, 2.05) is 19.9 Å². The van der Waals surface area contributed by atoms with Crippen molar-refractivity contribution in [1.29, 1.82) is 0 Å². The van der Waals surface area contributed by atoms with Gasteiger partial charge in [0.15, 0.2) is 11.5 Å². The van der Waals surface area contributed by atoms with E-state index in [4.69, 9.17) is 14.2 Å². The van der Waals surface area contributed by atoms with Crippen molar-refractivity contribution in [2.24, 2.45) is 5.92 Å². The van der Waals surface area contributed by atoms with Crippen LogP contribution in [0.5, 0.6) is 11.5 Å². The minimum absolute atomic E-state index is 0.238. The molecule has 26 heavy (non-hydrogen) atoms. The number of nitrogens with one attached hydrogen (secondary N) is 1. The SMILES string of the molecule is C=C1NC(=O)/C(=C\c2ccc(OCC)c(OCCC)c2)[C@@H]1C(=O)OCC. The lowest BCUT2D eigenvalue weighted by molar-refractivity contribution is -0.145. The van der Waals surface area contributed by atoms with Gasteiger partial charge in [-0.2, -0.15) is 0 Å². The van der Waals surface area contributed by atoms with Gasteiger partial charge in [0.05, 0.1) is 19.8 Å². The summed E-state index contributed by atoms with van der Waals surface area (Å²) in [6.45, 7) is 10.7. The summed E-state index contributed by atoms with van der Waals surface area (Å²) in [6.07, 6.45) is 2.52. The largest absolute Gasteiger partial charge is 0.490 e. The molecule has 6 nitrogen and oxygen atoms in total. The van der Waals surface area contributed by atoms with Crippen LogP contribution in [0.1, 0.15) is 32.8 Å². The summed E-state index contributed by atoms with van der Waals surface area (Å²) in [6, 6.07) is 5.40. The molecule has 1 amide bonds. The number of rotatable bonds is 8. The van der Waals surface area contributed by atoms with Gasteiger partial charge in [-0.15, -0.1) is 0 Å². The molecular formula is C20H25NO5. The summed E-state index contributed by atoms with van der Waals surface area (Å²) in [5.74, 6) is -0.402. The molecule has 0 aliphatic carbocycles. The van der Waals surface area contributed by atoms with Crippen LogP contribution in [0.15, 0.2) is 36.0 Å². The van der Waals surface area contributed by atoms with Crippen LogP contribution in [-0.4, -0.2) is 31.7 Å². The zero-order chi connectivity index (χ0) is 19.1. The van der Waals surface area contributed by atoms with E-state index in [1.54, 1.807) is 25.1 Å². The number of benzene rings is 1. The number of esters is 1. The zero-order valence-electron chi connectivity index (χ0n) is 15.5. The smallest absolute Gasteiger partial charge is 0.319 e. The highest BCUT2D eigenvalue weighted by molar-refractivity contribution is 6.08. The van der Waals surface area contributed by atoms with Gasteiger partial charge in [-0.1, -0.05) is 19.6 Å². The minimum atomic E-state index is -0.811. The molecule has 0 unspecified atom stereocenters. The average Bonchev–Trinajstić information content (AvgIpc) is 2.88. The molecule has 0 aromatic heterocycles. The number of ether oxygens (including phenoxy) is 3. The molecule has 1 aliphatic heterocycles. The third-order valence-corrected chi connectivity index (χ3v) is 3.77. The van der Waals surface area contributed by atoms with Gasteiger partial charge in [0, 0.05) is 11.3 Å². The fraction of sp³-hybridized carbons (Fsp3) is 0.400. The molecular weight excluding hydrogens is 334 g/mol. The fourth-order valence-electron chi connectivity index (χ4n) is 2.65. The molecule has 1 aliphatic rings. The normalized spacial score (nSPS) is 18.0. The molecule has 1 fully saturated rings. The quantitative estimate of drug-likeness (QED) is 0.570. The first kappa shape index (κ1) is 19.6. The maximum Gasteiger partial charge on any atom is 0.319 e. The number of carbonyl (C=O) groups is 2. The molecule has 1 aromatic carbocycles. The molecule has 1 heterocycles. The standard InChI is InChI=1S/C20H25NO5/c1-5-10-26-17-12-14(8-9-16(17)24-6-2)11-15-18(20(23)25-7-3)13(4)21-19(15)22/h8-9,11-12,18H,4-7,10H2,1-3H3,(H,21,22)/b15-11-/t18-/m1/s1. The second kappa shape index (κ2) is 9.08. The number of hydrogen-bond donors (Lipinski definition) is 1. The Morgan fingerprint density at radius 3 is 2.62 bits per heavy atom. The molecule has 6 heteroatoms. The van der Waals surface area contributed by atoms with Crippen molar-refractivity contribution < 1.29 is 23.8 Å². The Morgan fingerprint density at radius 1 is 1.19 bits per heavy atom. The maximum atomic E-state index is 12.2. The van der Waals surface area contributed by atoms with Gasteiger partial charge in [0.25, 0.3) is 5.91 Å². The third-order valence-electron chi connectivity index (χ3n) is 3.77. The Morgan fingerprint density at radius 2 is 1.96 bits per heavy atom. The van der Waals surface area contributed by atoms with Crippen molar-refractivity contribution >= 4 is 18.0 Å². The molecule has 1 N–H and O–H groups in total. The van der Waals surface area contributed by atoms with Gasteiger partial charge in [0.1, 0.15) is 5.92 Å². The summed E-state index contributed by atoms with van der Waals surface area (Å²) in [4.78, 5) is 24.4. The van der Waals surface area contributed by atoms with Crippen molar-refractivity contribution in [3.63, 3.8) is 0 Å². The summed E-state index contributed by atoms with van der Waals surface area (Å²) in [5, 5.41) is 2.60. The Kier molecular flexibility index (Phi) is 6.83. The van der Waals surface area contributed by atoms with Crippen LogP contribution in [0.3, 0.4) is 0 Å². The van der Waals surface area contributed by atoms with Gasteiger partial charge in [-0.05, 0) is 44.0 Å². The average molecular weight is 359 g/mol. The van der Waals surface area contributed by atoms with Crippen molar-refractivity contribution in [2.45, 2.75) is 27.2 Å². The second-order valence-electron chi connectivity index (χ2n) is 5.75. The van der Waals surface area contributed by atoms with Gasteiger partial charge >= 0.3 is 5.97 Å². The molecule has 1 atom stereocenters. The lowest BCUT2D eigenvalue weighted by atomic mass is 9.97. The van der Waals surface area contributed by atoms with Crippen molar-refractivity contribution in [2.75, 3.05) is 19.8 Å². The van der Waals surface area contributed by atoms with Crippen LogP contribution in [0.25, 0.3) is 6.08 Å². The van der Waals surface area contributed by atoms with Crippen LogP contribution in [0.4, 0.5) is 0 Å². The van der Waals surface area contributed by atoms with E-state index in [0.29, 0.717) is 36.0 Å². The second-order valence-corrected chi connectivity index (χ2v) is 5.75. The summed E-state index contributed by atoms with van der Waals surface area (Å²) >= 11 is 0. The first-order chi connectivity index (χ1) is 12.5. The van der Waals surface area contributed by atoms with Crippen molar-refractivity contribution in [1.82, 2.24) is 5.32 Å². The van der Waals surface area contributed by atoms with Gasteiger partial charge < -0.3 is 19.5 Å². The number of amides is 1. The summed E-state index contributed by atoms with van der Waals surface area (Å²) < 4.78 is 16.4. The highest BCUT2D eigenvalue weighted by atomic mass is 16.5. The Balaban J connectivity index is 2.37. The van der Waals surface area contributed by atoms with Crippen LogP contribution >= 0.6 is 0 Å². The highest BCUT2D eigenvalue weighted by Crippen LogP contribution is 2.32. The first-order valence-corrected chi connectivity index (χ1v) is 8.79. The molecule has 0 radical (unpaired) electrons. The lowest BCUT2D eigenvalue weighted by Gasteiger charge is -2.13. The first-order valence-electron chi connectivity index (χ1n) is 8.79. The van der Waals surface area contributed by atoms with E-state index >= 15 is 0 Å². The van der Waals surface area contributed by atoms with Crippen molar-refractivity contribution in [3.05, 3.63) is 41.6 Å². The zero-order valence-corrected chi connectivity index (χ0v) is 15.5. The predicted octanol–water partition coefficient (Wildman–Crippen LogP) is 3.08. The van der Waals surface area contributed by atoms with Crippen LogP contribution in [0.2, 0.25) is 0 Å². The summed E-state index contributed by atoms with van der Waals surface area (Å²) in [5.41, 5.74) is 1.36. The van der Waals surface area contributed by atoms with E-state index in [2.05, 4.69) is 11.9 Å². The Labute approximate surface area is 153 Å². The van der Waals surface area contributed by atoms with Gasteiger partial charge in [-0.25, -0.2) is 0 Å². The van der Waals surface area contributed by atoms with Gasteiger partial charge in [-0.3, -0.25) is 9.59 Å². The molecule has 2 rings (SSSR count). The van der Waals surface area contributed by atoms with E-state index in [-0.39, 0.29) is 12.5 Å². The lowest BCUT2D eigenvalue weighted by Crippen LogP contribution is -2.19. The molecule has 0 saturated carbocycles. The van der Waals surface area contributed by atoms with Gasteiger partial charge in [0.2, 0.25) is 0 Å². The van der Waals surface area contributed by atoms with Crippen molar-refractivity contribution in [3.8, 4) is 11.5 Å². The fourth-order valence-corrected chi connectivity index (χ4v) is 2.65. The van der Waals surface area contributed by atoms with E-state index < -0.39 is 11.9 Å². The van der Waals surface area contributed by atoms with Crippen LogP contribution in [-0.2, 0) is 14.3 Å². The molecule has 0 spiro atoms. The highest BCUT2D eigenvalue weighted by Gasteiger charge is 2.38.